The van der Waals surface area contributed by atoms with Gasteiger partial charge in [0.1, 0.15) is 11.9 Å². The van der Waals surface area contributed by atoms with Crippen LogP contribution in [0.5, 0.6) is 0 Å². The minimum atomic E-state index is -1.17. The quantitative estimate of drug-likeness (QED) is 0.370. The predicted molar refractivity (Wildman–Crippen MR) is 103 cm³/mol. The number of amidine groups is 1. The van der Waals surface area contributed by atoms with E-state index in [4.69, 9.17) is 11.1 Å². The van der Waals surface area contributed by atoms with Crippen molar-refractivity contribution in [1.29, 1.82) is 5.41 Å². The number of carbonyl (C=O) groups is 3. The molecule has 0 radical (unpaired) electrons. The number of carbonyl (C=O) groups excluding carboxylic acids is 2. The molecule has 1 aliphatic rings. The van der Waals surface area contributed by atoms with Crippen molar-refractivity contribution in [2.24, 2.45) is 5.73 Å². The number of aliphatic carboxylic acids is 1. The van der Waals surface area contributed by atoms with Gasteiger partial charge in [0.25, 0.3) is 11.8 Å². The average molecular weight is 380 g/mol. The van der Waals surface area contributed by atoms with Crippen molar-refractivity contribution in [3.05, 3.63) is 70.3 Å². The van der Waals surface area contributed by atoms with Crippen molar-refractivity contribution in [3.8, 4) is 0 Å². The van der Waals surface area contributed by atoms with Crippen molar-refractivity contribution in [3.63, 3.8) is 0 Å². The number of carboxylic acid groups (broad SMARTS) is 1. The fourth-order valence-corrected chi connectivity index (χ4v) is 3.06. The van der Waals surface area contributed by atoms with Crippen LogP contribution in [-0.4, -0.2) is 41.3 Å². The van der Waals surface area contributed by atoms with Gasteiger partial charge in [-0.05, 0) is 35.7 Å². The topological polar surface area (TPSA) is 145 Å². The highest BCUT2D eigenvalue weighted by atomic mass is 16.4. The van der Waals surface area contributed by atoms with E-state index >= 15 is 0 Å². The van der Waals surface area contributed by atoms with Crippen molar-refractivity contribution in [2.45, 2.75) is 18.9 Å². The van der Waals surface area contributed by atoms with Gasteiger partial charge in [-0.2, -0.15) is 0 Å². The van der Waals surface area contributed by atoms with Crippen LogP contribution in [0.15, 0.2) is 42.5 Å². The third-order valence-corrected chi connectivity index (χ3v) is 4.60. The number of nitrogen functional groups attached to an aromatic ring is 1. The number of amides is 2. The van der Waals surface area contributed by atoms with E-state index in [9.17, 15) is 19.5 Å². The Balaban J connectivity index is 1.74. The van der Waals surface area contributed by atoms with Crippen LogP contribution in [0.25, 0.3) is 0 Å². The van der Waals surface area contributed by atoms with Crippen LogP contribution in [0.4, 0.5) is 0 Å². The van der Waals surface area contributed by atoms with Gasteiger partial charge < -0.3 is 21.5 Å². The third-order valence-electron chi connectivity index (χ3n) is 4.60. The van der Waals surface area contributed by atoms with Crippen LogP contribution in [0.1, 0.15) is 37.4 Å². The van der Waals surface area contributed by atoms with Crippen molar-refractivity contribution in [2.75, 3.05) is 6.54 Å². The van der Waals surface area contributed by atoms with Crippen LogP contribution in [0, 0.1) is 5.41 Å². The Morgan fingerprint density at radius 3 is 2.50 bits per heavy atom. The molecule has 1 heterocycles. The highest BCUT2D eigenvalue weighted by molar-refractivity contribution is 5.99. The van der Waals surface area contributed by atoms with Crippen molar-refractivity contribution in [1.82, 2.24) is 10.6 Å². The fourth-order valence-electron chi connectivity index (χ4n) is 3.06. The van der Waals surface area contributed by atoms with Crippen molar-refractivity contribution < 1.29 is 19.5 Å². The number of nitrogens with one attached hydrogen (secondary N) is 3. The average Bonchev–Trinajstić information content (AvgIpc) is 2.68. The molecule has 0 aliphatic carbocycles. The van der Waals surface area contributed by atoms with Crippen LogP contribution in [0.3, 0.4) is 0 Å². The van der Waals surface area contributed by atoms with E-state index in [1.54, 1.807) is 12.1 Å². The second-order valence-electron chi connectivity index (χ2n) is 6.56. The summed E-state index contributed by atoms with van der Waals surface area (Å²) in [5, 5.41) is 22.1. The molecule has 6 N–H and O–H groups in total. The molecule has 2 aromatic carbocycles. The Morgan fingerprint density at radius 2 is 1.86 bits per heavy atom. The lowest BCUT2D eigenvalue weighted by Crippen LogP contribution is -2.42. The minimum Gasteiger partial charge on any atom is -0.480 e. The molecule has 8 nitrogen and oxygen atoms in total. The summed E-state index contributed by atoms with van der Waals surface area (Å²) in [5.74, 6) is -2.01. The molecule has 0 bridgehead atoms. The molecule has 0 saturated heterocycles. The van der Waals surface area contributed by atoms with Crippen LogP contribution in [-0.2, 0) is 17.6 Å². The summed E-state index contributed by atoms with van der Waals surface area (Å²) in [7, 11) is 0. The number of carboxylic acids is 1. The smallest absolute Gasteiger partial charge is 0.326 e. The molecule has 3 rings (SSSR count). The minimum absolute atomic E-state index is 0.0488. The Kier molecular flexibility index (Phi) is 5.39. The van der Waals surface area contributed by atoms with Gasteiger partial charge in [0, 0.05) is 29.7 Å². The summed E-state index contributed by atoms with van der Waals surface area (Å²) in [6, 6.07) is 10.1. The van der Waals surface area contributed by atoms with E-state index in [0.717, 1.165) is 12.0 Å². The predicted octanol–water partition coefficient (Wildman–Crippen LogP) is 0.682. The SMILES string of the molecule is N=C(N)c1ccc(C(=O)NC(Cc2ccc3c(c2)C(=O)NCC3)C(=O)O)cc1. The summed E-state index contributed by atoms with van der Waals surface area (Å²) in [6.07, 6.45) is 0.782. The molecular weight excluding hydrogens is 360 g/mol. The highest BCUT2D eigenvalue weighted by Crippen LogP contribution is 2.17. The van der Waals surface area contributed by atoms with Gasteiger partial charge in [-0.25, -0.2) is 4.79 Å². The maximum atomic E-state index is 12.4. The number of benzene rings is 2. The molecule has 144 valence electrons. The number of hydrogen-bond acceptors (Lipinski definition) is 4. The first-order valence-electron chi connectivity index (χ1n) is 8.73. The maximum Gasteiger partial charge on any atom is 0.326 e. The first-order valence-corrected chi connectivity index (χ1v) is 8.73. The molecule has 0 fully saturated rings. The Labute approximate surface area is 161 Å². The highest BCUT2D eigenvalue weighted by Gasteiger charge is 2.23. The van der Waals surface area contributed by atoms with Crippen LogP contribution in [0.2, 0.25) is 0 Å². The molecule has 28 heavy (non-hydrogen) atoms. The Hall–Kier alpha value is -3.68. The second kappa shape index (κ2) is 7.91. The van der Waals surface area contributed by atoms with Gasteiger partial charge in [0.2, 0.25) is 0 Å². The lowest BCUT2D eigenvalue weighted by molar-refractivity contribution is -0.139. The number of fused-ring (bicyclic) bond motifs is 1. The van der Waals surface area contributed by atoms with E-state index in [0.29, 0.717) is 23.2 Å². The maximum absolute atomic E-state index is 12.4. The third kappa shape index (κ3) is 4.17. The molecule has 1 atom stereocenters. The summed E-state index contributed by atoms with van der Waals surface area (Å²) in [6.45, 7) is 0.585. The number of hydrogen-bond donors (Lipinski definition) is 5. The standard InChI is InChI=1S/C20H20N4O4/c21-17(22)13-3-5-14(6-4-13)18(25)24-16(20(27)28)10-11-1-2-12-7-8-23-19(26)15(12)9-11/h1-6,9,16H,7-8,10H2,(H3,21,22)(H,23,26)(H,24,25)(H,27,28). The van der Waals surface area contributed by atoms with E-state index in [2.05, 4.69) is 10.6 Å². The molecule has 2 amide bonds. The van der Waals surface area contributed by atoms with Gasteiger partial charge in [-0.15, -0.1) is 0 Å². The molecule has 1 unspecified atom stereocenters. The molecule has 8 heteroatoms. The number of nitrogens with two attached hydrogens (primary N) is 1. The second-order valence-corrected chi connectivity index (χ2v) is 6.56. The summed E-state index contributed by atoms with van der Waals surface area (Å²) in [5.41, 5.74) is 8.23. The monoisotopic (exact) mass is 380 g/mol. The van der Waals surface area contributed by atoms with Gasteiger partial charge in [-0.3, -0.25) is 15.0 Å². The van der Waals surface area contributed by atoms with E-state index < -0.39 is 17.9 Å². The Bertz CT molecular complexity index is 953. The molecule has 0 aromatic heterocycles. The lowest BCUT2D eigenvalue weighted by Gasteiger charge is -2.19. The van der Waals surface area contributed by atoms with E-state index in [1.807, 2.05) is 6.07 Å². The summed E-state index contributed by atoms with van der Waals surface area (Å²) < 4.78 is 0. The largest absolute Gasteiger partial charge is 0.480 e. The Morgan fingerprint density at radius 1 is 1.18 bits per heavy atom. The zero-order valence-electron chi connectivity index (χ0n) is 15.0. The van der Waals surface area contributed by atoms with Crippen molar-refractivity contribution >= 4 is 23.6 Å². The van der Waals surface area contributed by atoms with E-state index in [-0.39, 0.29) is 23.7 Å². The summed E-state index contributed by atoms with van der Waals surface area (Å²) >= 11 is 0. The normalized spacial score (nSPS) is 13.8. The molecular formula is C20H20N4O4. The lowest BCUT2D eigenvalue weighted by atomic mass is 9.95. The molecule has 0 spiro atoms. The molecule has 2 aromatic rings. The van der Waals surface area contributed by atoms with Gasteiger partial charge >= 0.3 is 5.97 Å². The van der Waals surface area contributed by atoms with E-state index in [1.165, 1.54) is 24.3 Å². The van der Waals surface area contributed by atoms with Crippen LogP contribution >= 0.6 is 0 Å². The fraction of sp³-hybridized carbons (Fsp3) is 0.200. The van der Waals surface area contributed by atoms with Gasteiger partial charge in [-0.1, -0.05) is 24.3 Å². The zero-order chi connectivity index (χ0) is 20.3. The number of rotatable bonds is 6. The molecule has 0 saturated carbocycles. The van der Waals surface area contributed by atoms with Crippen LogP contribution < -0.4 is 16.4 Å². The van der Waals surface area contributed by atoms with Gasteiger partial charge in [0.05, 0.1) is 0 Å². The summed E-state index contributed by atoms with van der Waals surface area (Å²) in [4.78, 5) is 36.0. The molecule has 1 aliphatic heterocycles. The zero-order valence-corrected chi connectivity index (χ0v) is 15.0. The first-order chi connectivity index (χ1) is 13.3. The first kappa shape index (κ1) is 19.1. The van der Waals surface area contributed by atoms with Gasteiger partial charge in [0.15, 0.2) is 0 Å².